The number of para-hydroxylation sites is 4. The quantitative estimate of drug-likeness (QED) is 0.163. The van der Waals surface area contributed by atoms with E-state index in [4.69, 9.17) is 4.42 Å². The lowest BCUT2D eigenvalue weighted by Crippen LogP contribution is -2.09. The average molecular weight is 731 g/mol. The first-order chi connectivity index (χ1) is 28.3. The molecule has 1 aliphatic carbocycles. The molecule has 57 heavy (non-hydrogen) atoms. The SMILES string of the molecule is C1=C(c2ccc(-c3ccc(N(c4ccccc4)c4ccc(-c5ccccc5)cc4)cc3)cc2)CCc2c1c1ccccc1n2-c1cccc2c1oc1ccccc12. The van der Waals surface area contributed by atoms with Crippen LogP contribution in [0.15, 0.2) is 205 Å². The van der Waals surface area contributed by atoms with Gasteiger partial charge < -0.3 is 13.9 Å². The van der Waals surface area contributed by atoms with E-state index in [9.17, 15) is 0 Å². The second-order valence-corrected chi connectivity index (χ2v) is 14.8. The molecule has 270 valence electrons. The van der Waals surface area contributed by atoms with Crippen molar-refractivity contribution in [3.63, 3.8) is 0 Å². The van der Waals surface area contributed by atoms with Gasteiger partial charge in [-0.2, -0.15) is 0 Å². The van der Waals surface area contributed by atoms with E-state index in [0.29, 0.717) is 0 Å². The van der Waals surface area contributed by atoms with Gasteiger partial charge in [0.25, 0.3) is 0 Å². The lowest BCUT2D eigenvalue weighted by molar-refractivity contribution is 0.665. The molecule has 0 atom stereocenters. The van der Waals surface area contributed by atoms with Crippen molar-refractivity contribution >= 4 is 61.6 Å². The Bertz CT molecular complexity index is 3080. The van der Waals surface area contributed by atoms with E-state index in [1.54, 1.807) is 0 Å². The van der Waals surface area contributed by atoms with Gasteiger partial charge in [0.1, 0.15) is 5.58 Å². The normalized spacial score (nSPS) is 12.5. The molecule has 3 heteroatoms. The number of furan rings is 1. The number of anilines is 3. The van der Waals surface area contributed by atoms with Crippen LogP contribution >= 0.6 is 0 Å². The first-order valence-corrected chi connectivity index (χ1v) is 19.7. The van der Waals surface area contributed by atoms with Gasteiger partial charge in [-0.25, -0.2) is 0 Å². The van der Waals surface area contributed by atoms with Crippen molar-refractivity contribution in [2.75, 3.05) is 4.90 Å². The number of hydrogen-bond donors (Lipinski definition) is 0. The van der Waals surface area contributed by atoms with Crippen molar-refractivity contribution in [3.8, 4) is 27.9 Å². The molecule has 0 N–H and O–H groups in total. The molecule has 2 heterocycles. The van der Waals surface area contributed by atoms with E-state index in [1.807, 2.05) is 6.07 Å². The number of rotatable bonds is 7. The predicted octanol–water partition coefficient (Wildman–Crippen LogP) is 14.8. The topological polar surface area (TPSA) is 21.3 Å². The highest BCUT2D eigenvalue weighted by atomic mass is 16.3. The Kier molecular flexibility index (Phi) is 7.96. The summed E-state index contributed by atoms with van der Waals surface area (Å²) in [6.45, 7) is 0. The maximum atomic E-state index is 6.52. The summed E-state index contributed by atoms with van der Waals surface area (Å²) in [4.78, 5) is 2.32. The second kappa shape index (κ2) is 13.7. The summed E-state index contributed by atoms with van der Waals surface area (Å²) >= 11 is 0. The molecule has 8 aromatic carbocycles. The van der Waals surface area contributed by atoms with Gasteiger partial charge in [-0.05, 0) is 107 Å². The molecule has 0 saturated heterocycles. The summed E-state index contributed by atoms with van der Waals surface area (Å²) in [6.07, 6.45) is 4.34. The molecule has 11 rings (SSSR count). The van der Waals surface area contributed by atoms with Gasteiger partial charge in [0.2, 0.25) is 0 Å². The van der Waals surface area contributed by atoms with Crippen LogP contribution < -0.4 is 4.90 Å². The smallest absolute Gasteiger partial charge is 0.159 e. The Labute approximate surface area is 332 Å². The fraction of sp³-hybridized carbons (Fsp3) is 0.0370. The monoisotopic (exact) mass is 730 g/mol. The van der Waals surface area contributed by atoms with E-state index >= 15 is 0 Å². The van der Waals surface area contributed by atoms with Crippen molar-refractivity contribution < 1.29 is 4.42 Å². The van der Waals surface area contributed by atoms with E-state index in [0.717, 1.165) is 57.5 Å². The number of nitrogens with zero attached hydrogens (tertiary/aromatic N) is 2. The fourth-order valence-corrected chi connectivity index (χ4v) is 8.77. The highest BCUT2D eigenvalue weighted by Crippen LogP contribution is 2.42. The molecular weight excluding hydrogens is 693 g/mol. The van der Waals surface area contributed by atoms with Crippen LogP contribution in [-0.4, -0.2) is 4.57 Å². The zero-order valence-electron chi connectivity index (χ0n) is 31.3. The number of benzene rings is 8. The van der Waals surface area contributed by atoms with Crippen molar-refractivity contribution in [1.29, 1.82) is 0 Å². The Morgan fingerprint density at radius 1 is 0.404 bits per heavy atom. The highest BCUT2D eigenvalue weighted by Gasteiger charge is 2.24. The molecule has 0 fully saturated rings. The molecule has 10 aromatic rings. The van der Waals surface area contributed by atoms with Crippen molar-refractivity contribution in [1.82, 2.24) is 4.57 Å². The summed E-state index contributed by atoms with van der Waals surface area (Å²) in [5.41, 5.74) is 17.6. The van der Waals surface area contributed by atoms with Crippen molar-refractivity contribution in [2.24, 2.45) is 0 Å². The van der Waals surface area contributed by atoms with Crippen LogP contribution in [0.1, 0.15) is 23.2 Å². The second-order valence-electron chi connectivity index (χ2n) is 14.8. The molecule has 0 aliphatic heterocycles. The summed E-state index contributed by atoms with van der Waals surface area (Å²) in [7, 11) is 0. The minimum atomic E-state index is 0.922. The third kappa shape index (κ3) is 5.75. The average Bonchev–Trinajstić information content (AvgIpc) is 3.83. The van der Waals surface area contributed by atoms with Crippen LogP contribution in [0.2, 0.25) is 0 Å². The van der Waals surface area contributed by atoms with Gasteiger partial charge in [-0.3, -0.25) is 0 Å². The predicted molar refractivity (Wildman–Crippen MR) is 239 cm³/mol. The first kappa shape index (κ1) is 33.0. The van der Waals surface area contributed by atoms with Crippen LogP contribution in [-0.2, 0) is 6.42 Å². The minimum absolute atomic E-state index is 0.922. The lowest BCUT2D eigenvalue weighted by atomic mass is 9.90. The Balaban J connectivity index is 0.901. The molecule has 2 aromatic heterocycles. The number of aromatic nitrogens is 1. The van der Waals surface area contributed by atoms with Gasteiger partial charge in [0.05, 0.1) is 11.2 Å². The summed E-state index contributed by atoms with van der Waals surface area (Å²) in [6, 6.07) is 71.7. The fourth-order valence-electron chi connectivity index (χ4n) is 8.77. The molecule has 0 spiro atoms. The molecule has 3 nitrogen and oxygen atoms in total. The van der Waals surface area contributed by atoms with Crippen LogP contribution in [0.25, 0.3) is 72.4 Å². The molecule has 1 aliphatic rings. The zero-order valence-corrected chi connectivity index (χ0v) is 31.3. The molecule has 0 unspecified atom stereocenters. The van der Waals surface area contributed by atoms with Gasteiger partial charge in [0, 0.05) is 44.5 Å². The highest BCUT2D eigenvalue weighted by molar-refractivity contribution is 6.08. The summed E-state index contributed by atoms with van der Waals surface area (Å²) in [5.74, 6) is 0. The number of fused-ring (bicyclic) bond motifs is 6. The number of hydrogen-bond acceptors (Lipinski definition) is 2. The lowest BCUT2D eigenvalue weighted by Gasteiger charge is -2.26. The Morgan fingerprint density at radius 3 is 1.63 bits per heavy atom. The van der Waals surface area contributed by atoms with E-state index in [-0.39, 0.29) is 0 Å². The van der Waals surface area contributed by atoms with Crippen LogP contribution in [0, 0.1) is 0 Å². The molecular formula is C54H38N2O. The number of allylic oxidation sites excluding steroid dienone is 1. The molecule has 0 saturated carbocycles. The van der Waals surface area contributed by atoms with E-state index < -0.39 is 0 Å². The molecule has 0 radical (unpaired) electrons. The summed E-state index contributed by atoms with van der Waals surface area (Å²) < 4.78 is 8.96. The standard InChI is InChI=1S/C54H38N2O/c1-3-12-37(13-4-1)39-26-31-44(32-27-39)55(43-14-5-2-6-15-43)45-33-28-40(29-34-45)38-22-24-41(25-23-38)42-30-35-51-49(36-42)46-16-7-9-19-50(46)56(51)52-20-11-18-48-47-17-8-10-21-53(47)57-54(48)52/h1-29,31-34,36H,30,35H2. The van der Waals surface area contributed by atoms with Crippen molar-refractivity contribution in [2.45, 2.75) is 12.8 Å². The van der Waals surface area contributed by atoms with E-state index in [2.05, 4.69) is 210 Å². The van der Waals surface area contributed by atoms with Crippen LogP contribution in [0.4, 0.5) is 17.1 Å². The van der Waals surface area contributed by atoms with Gasteiger partial charge >= 0.3 is 0 Å². The van der Waals surface area contributed by atoms with Crippen LogP contribution in [0.5, 0.6) is 0 Å². The zero-order chi connectivity index (χ0) is 37.7. The molecule has 0 bridgehead atoms. The summed E-state index contributed by atoms with van der Waals surface area (Å²) in [5, 5.41) is 3.57. The minimum Gasteiger partial charge on any atom is -0.454 e. The van der Waals surface area contributed by atoms with Crippen molar-refractivity contribution in [3.05, 3.63) is 217 Å². The maximum Gasteiger partial charge on any atom is 0.159 e. The van der Waals surface area contributed by atoms with Gasteiger partial charge in [-0.15, -0.1) is 0 Å². The third-order valence-corrected chi connectivity index (χ3v) is 11.6. The first-order valence-electron chi connectivity index (χ1n) is 19.7. The Morgan fingerprint density at radius 2 is 0.930 bits per heavy atom. The van der Waals surface area contributed by atoms with Gasteiger partial charge in [0.15, 0.2) is 5.58 Å². The molecule has 0 amide bonds. The third-order valence-electron chi connectivity index (χ3n) is 11.6. The van der Waals surface area contributed by atoms with Gasteiger partial charge in [-0.1, -0.05) is 146 Å². The maximum absolute atomic E-state index is 6.52. The van der Waals surface area contributed by atoms with E-state index in [1.165, 1.54) is 55.6 Å². The van der Waals surface area contributed by atoms with Crippen LogP contribution in [0.3, 0.4) is 0 Å². The Hall–Kier alpha value is -7.36. The largest absolute Gasteiger partial charge is 0.454 e.